The van der Waals surface area contributed by atoms with Gasteiger partial charge in [-0.3, -0.25) is 4.79 Å². The number of carbonyl (C=O) groups excluding carboxylic acids is 1. The molecule has 1 atom stereocenters. The fourth-order valence-corrected chi connectivity index (χ4v) is 4.44. The highest BCUT2D eigenvalue weighted by molar-refractivity contribution is 5.80. The van der Waals surface area contributed by atoms with Gasteiger partial charge in [0, 0.05) is 25.5 Å². The van der Waals surface area contributed by atoms with Crippen LogP contribution in [0.15, 0.2) is 4.52 Å². The molecule has 3 fully saturated rings. The molecule has 1 aliphatic heterocycles. The monoisotopic (exact) mass is 361 g/mol. The van der Waals surface area contributed by atoms with Crippen LogP contribution in [0.2, 0.25) is 0 Å². The Bertz CT molecular complexity index is 593. The van der Waals surface area contributed by atoms with Crippen LogP contribution in [0.25, 0.3) is 0 Å². The van der Waals surface area contributed by atoms with Gasteiger partial charge in [0.1, 0.15) is 6.04 Å². The molecule has 2 aliphatic carbocycles. The van der Waals surface area contributed by atoms with Gasteiger partial charge in [-0.05, 0) is 50.9 Å². The summed E-state index contributed by atoms with van der Waals surface area (Å²) in [6, 6.07) is -0.0301. The number of aromatic nitrogens is 2. The predicted molar refractivity (Wildman–Crippen MR) is 96.4 cm³/mol. The highest BCUT2D eigenvalue weighted by atomic mass is 16.5. The Balaban J connectivity index is 1.29. The first-order chi connectivity index (χ1) is 12.8. The molecule has 0 spiro atoms. The third-order valence-corrected chi connectivity index (χ3v) is 6.31. The molecule has 1 unspecified atom stereocenters. The molecule has 1 saturated heterocycles. The van der Waals surface area contributed by atoms with Gasteiger partial charge in [-0.1, -0.05) is 24.4 Å². The number of amides is 1. The third-order valence-electron chi connectivity index (χ3n) is 6.31. The highest BCUT2D eigenvalue weighted by Crippen LogP contribution is 2.35. The molecule has 26 heavy (non-hydrogen) atoms. The first kappa shape index (κ1) is 18.0. The van der Waals surface area contributed by atoms with E-state index in [0.29, 0.717) is 30.7 Å². The van der Waals surface area contributed by atoms with Gasteiger partial charge in [-0.25, -0.2) is 0 Å². The van der Waals surface area contributed by atoms with E-state index in [1.807, 2.05) is 4.90 Å². The van der Waals surface area contributed by atoms with Crippen LogP contribution in [0.4, 0.5) is 0 Å². The van der Waals surface area contributed by atoms with Gasteiger partial charge in [-0.2, -0.15) is 4.98 Å². The van der Waals surface area contributed by atoms with E-state index >= 15 is 0 Å². The summed E-state index contributed by atoms with van der Waals surface area (Å²) in [6.07, 6.45) is 12.4. The molecule has 0 N–H and O–H groups in total. The number of nitrogens with zero attached hydrogens (tertiary/aromatic N) is 3. The van der Waals surface area contributed by atoms with Crippen molar-refractivity contribution in [1.82, 2.24) is 15.0 Å². The molecule has 0 aromatic carbocycles. The second-order valence-corrected chi connectivity index (χ2v) is 8.20. The first-order valence-electron chi connectivity index (χ1n) is 10.5. The maximum Gasteiger partial charge on any atom is 0.249 e. The van der Waals surface area contributed by atoms with E-state index < -0.39 is 0 Å². The van der Waals surface area contributed by atoms with E-state index in [-0.39, 0.29) is 12.0 Å². The summed E-state index contributed by atoms with van der Waals surface area (Å²) < 4.78 is 11.3. The summed E-state index contributed by atoms with van der Waals surface area (Å²) in [5.74, 6) is 2.57. The van der Waals surface area contributed by atoms with Crippen molar-refractivity contribution in [2.24, 2.45) is 11.8 Å². The molecule has 6 heteroatoms. The Morgan fingerprint density at radius 2 is 1.88 bits per heavy atom. The second-order valence-electron chi connectivity index (χ2n) is 8.20. The molecule has 1 amide bonds. The molecule has 0 bridgehead atoms. The Kier molecular flexibility index (Phi) is 5.88. The lowest BCUT2D eigenvalue weighted by Crippen LogP contribution is -2.43. The normalized spacial score (nSPS) is 24.8. The quantitative estimate of drug-likeness (QED) is 0.693. The number of hydrogen-bond acceptors (Lipinski definition) is 5. The summed E-state index contributed by atoms with van der Waals surface area (Å²) >= 11 is 0. The van der Waals surface area contributed by atoms with Crippen LogP contribution in [0, 0.1) is 11.8 Å². The molecule has 0 radical (unpaired) electrons. The van der Waals surface area contributed by atoms with Crippen LogP contribution >= 0.6 is 0 Å². The Labute approximate surface area is 155 Å². The number of piperidine rings is 1. The molecule has 2 heterocycles. The lowest BCUT2D eigenvalue weighted by molar-refractivity contribution is -0.142. The van der Waals surface area contributed by atoms with E-state index in [0.717, 1.165) is 51.2 Å². The molecule has 2 saturated carbocycles. The van der Waals surface area contributed by atoms with Gasteiger partial charge in [0.2, 0.25) is 11.8 Å². The van der Waals surface area contributed by atoms with E-state index in [9.17, 15) is 4.79 Å². The van der Waals surface area contributed by atoms with Crippen LogP contribution in [-0.4, -0.2) is 40.7 Å². The van der Waals surface area contributed by atoms with Crippen LogP contribution < -0.4 is 0 Å². The van der Waals surface area contributed by atoms with Crippen LogP contribution in [0.3, 0.4) is 0 Å². The summed E-state index contributed by atoms with van der Waals surface area (Å²) in [5.41, 5.74) is 0. The van der Waals surface area contributed by atoms with Gasteiger partial charge >= 0.3 is 0 Å². The summed E-state index contributed by atoms with van der Waals surface area (Å²) in [6.45, 7) is 2.32. The summed E-state index contributed by atoms with van der Waals surface area (Å²) in [5, 5.41) is 4.13. The Hall–Kier alpha value is -1.43. The standard InChI is InChI=1S/C20H31N3O3/c24-20(16-8-5-9-16)23-12-4-3-10-17(23)19-21-18(22-26-19)11-13-25-14-15-6-1-2-7-15/h15-17H,1-14H2. The van der Waals surface area contributed by atoms with Crippen LogP contribution in [0.1, 0.15) is 82.0 Å². The van der Waals surface area contributed by atoms with Crippen LogP contribution in [0.5, 0.6) is 0 Å². The first-order valence-corrected chi connectivity index (χ1v) is 10.5. The molecule has 4 rings (SSSR count). The molecular formula is C20H31N3O3. The number of rotatable bonds is 7. The molecule has 144 valence electrons. The topological polar surface area (TPSA) is 68.5 Å². The van der Waals surface area contributed by atoms with Crippen molar-refractivity contribution >= 4 is 5.91 Å². The minimum absolute atomic E-state index is 0.0301. The SMILES string of the molecule is O=C(C1CCC1)N1CCCCC1c1nc(CCOCC2CCCC2)no1. The lowest BCUT2D eigenvalue weighted by atomic mass is 9.83. The minimum Gasteiger partial charge on any atom is -0.381 e. The lowest BCUT2D eigenvalue weighted by Gasteiger charge is -2.38. The van der Waals surface area contributed by atoms with E-state index in [1.54, 1.807) is 0 Å². The molecule has 1 aromatic heterocycles. The third kappa shape index (κ3) is 4.11. The van der Waals surface area contributed by atoms with Crippen molar-refractivity contribution in [3.8, 4) is 0 Å². The van der Waals surface area contributed by atoms with Crippen molar-refractivity contribution in [3.63, 3.8) is 0 Å². The van der Waals surface area contributed by atoms with Crippen molar-refractivity contribution in [3.05, 3.63) is 11.7 Å². The van der Waals surface area contributed by atoms with Gasteiger partial charge in [0.05, 0.1) is 6.61 Å². The zero-order chi connectivity index (χ0) is 17.8. The van der Waals surface area contributed by atoms with Crippen molar-refractivity contribution < 1.29 is 14.1 Å². The van der Waals surface area contributed by atoms with Gasteiger partial charge < -0.3 is 14.2 Å². The smallest absolute Gasteiger partial charge is 0.249 e. The van der Waals surface area contributed by atoms with E-state index in [2.05, 4.69) is 10.1 Å². The van der Waals surface area contributed by atoms with Gasteiger partial charge in [-0.15, -0.1) is 0 Å². The maximum atomic E-state index is 12.7. The van der Waals surface area contributed by atoms with Gasteiger partial charge in [0.25, 0.3) is 0 Å². The maximum absolute atomic E-state index is 12.7. The fraction of sp³-hybridized carbons (Fsp3) is 0.850. The van der Waals surface area contributed by atoms with E-state index in [1.165, 1.54) is 32.1 Å². The van der Waals surface area contributed by atoms with Crippen molar-refractivity contribution in [2.45, 2.75) is 76.7 Å². The molecule has 6 nitrogen and oxygen atoms in total. The number of ether oxygens (including phenoxy) is 1. The molecule has 3 aliphatic rings. The zero-order valence-corrected chi connectivity index (χ0v) is 15.7. The summed E-state index contributed by atoms with van der Waals surface area (Å²) in [4.78, 5) is 19.3. The van der Waals surface area contributed by atoms with E-state index in [4.69, 9.17) is 9.26 Å². The van der Waals surface area contributed by atoms with Crippen molar-refractivity contribution in [2.75, 3.05) is 19.8 Å². The van der Waals surface area contributed by atoms with Crippen LogP contribution in [-0.2, 0) is 16.0 Å². The average Bonchev–Trinajstić information content (AvgIpc) is 3.29. The zero-order valence-electron chi connectivity index (χ0n) is 15.7. The van der Waals surface area contributed by atoms with Gasteiger partial charge in [0.15, 0.2) is 5.82 Å². The Morgan fingerprint density at radius 3 is 2.65 bits per heavy atom. The fourth-order valence-electron chi connectivity index (χ4n) is 4.44. The minimum atomic E-state index is -0.0301. The summed E-state index contributed by atoms with van der Waals surface area (Å²) in [7, 11) is 0. The predicted octanol–water partition coefficient (Wildman–Crippen LogP) is 3.67. The van der Waals surface area contributed by atoms with Crippen molar-refractivity contribution in [1.29, 1.82) is 0 Å². The number of carbonyl (C=O) groups is 1. The number of hydrogen-bond donors (Lipinski definition) is 0. The largest absolute Gasteiger partial charge is 0.381 e. The molecule has 1 aromatic rings. The average molecular weight is 361 g/mol. The second kappa shape index (κ2) is 8.51. The number of likely N-dealkylation sites (tertiary alicyclic amines) is 1. The molecular weight excluding hydrogens is 330 g/mol. The highest BCUT2D eigenvalue weighted by Gasteiger charge is 2.37. The Morgan fingerprint density at radius 1 is 1.08 bits per heavy atom.